The second-order valence-electron chi connectivity index (χ2n) is 9.36. The highest BCUT2D eigenvalue weighted by Crippen LogP contribution is 2.68. The van der Waals surface area contributed by atoms with Gasteiger partial charge in [-0.3, -0.25) is 9.59 Å². The van der Waals surface area contributed by atoms with Crippen LogP contribution in [0.3, 0.4) is 0 Å². The second kappa shape index (κ2) is 8.78. The molecule has 3 saturated carbocycles. The number of benzene rings is 2. The minimum atomic E-state index is -0.627. The maximum absolute atomic E-state index is 13.8. The van der Waals surface area contributed by atoms with Crippen molar-refractivity contribution in [2.75, 3.05) is 6.61 Å². The van der Waals surface area contributed by atoms with Gasteiger partial charge in [-0.15, -0.1) is 0 Å². The minimum absolute atomic E-state index is 0.00123. The van der Waals surface area contributed by atoms with E-state index in [1.807, 2.05) is 13.8 Å². The van der Waals surface area contributed by atoms with E-state index in [0.29, 0.717) is 17.7 Å². The van der Waals surface area contributed by atoms with E-state index < -0.39 is 22.7 Å². The summed E-state index contributed by atoms with van der Waals surface area (Å²) in [5, 5.41) is 6.06. The van der Waals surface area contributed by atoms with Crippen LogP contribution in [0.2, 0.25) is 10.0 Å². The lowest BCUT2D eigenvalue weighted by Gasteiger charge is -2.79. The number of furan rings is 1. The largest absolute Gasteiger partial charge is 0.484 e. The zero-order valence-electron chi connectivity index (χ0n) is 19.3. The molecule has 10 heteroatoms. The van der Waals surface area contributed by atoms with E-state index in [9.17, 15) is 18.4 Å². The van der Waals surface area contributed by atoms with Gasteiger partial charge in [-0.05, 0) is 48.9 Å². The van der Waals surface area contributed by atoms with Gasteiger partial charge in [0.2, 0.25) is 0 Å². The summed E-state index contributed by atoms with van der Waals surface area (Å²) in [6, 6.07) is 11.4. The molecule has 2 N–H and O–H groups in total. The molecule has 6 rings (SSSR count). The zero-order valence-corrected chi connectivity index (χ0v) is 20.8. The molecule has 3 aliphatic rings. The number of ether oxygens (including phenoxy) is 1. The van der Waals surface area contributed by atoms with Gasteiger partial charge in [-0.25, -0.2) is 8.78 Å². The molecule has 2 amide bonds. The third-order valence-corrected chi connectivity index (χ3v) is 8.30. The van der Waals surface area contributed by atoms with Gasteiger partial charge in [-0.2, -0.15) is 0 Å². The van der Waals surface area contributed by atoms with Crippen molar-refractivity contribution in [1.82, 2.24) is 10.6 Å². The van der Waals surface area contributed by atoms with Crippen molar-refractivity contribution in [3.8, 4) is 17.1 Å². The molecule has 6 nitrogen and oxygen atoms in total. The molecule has 2 atom stereocenters. The van der Waals surface area contributed by atoms with Crippen molar-refractivity contribution < 1.29 is 27.5 Å². The van der Waals surface area contributed by atoms with Crippen LogP contribution in [0.5, 0.6) is 5.75 Å². The lowest BCUT2D eigenvalue weighted by atomic mass is 9.32. The van der Waals surface area contributed by atoms with E-state index in [-0.39, 0.29) is 51.8 Å². The Kier molecular flexibility index (Phi) is 6.00. The van der Waals surface area contributed by atoms with Crippen molar-refractivity contribution in [2.24, 2.45) is 11.8 Å². The Balaban J connectivity index is 1.18. The van der Waals surface area contributed by atoms with Crippen LogP contribution < -0.4 is 15.4 Å². The van der Waals surface area contributed by atoms with E-state index in [4.69, 9.17) is 32.4 Å². The average Bonchev–Trinajstić information content (AvgIpc) is 3.36. The quantitative estimate of drug-likeness (QED) is 0.412. The van der Waals surface area contributed by atoms with Gasteiger partial charge >= 0.3 is 0 Å². The lowest BCUT2D eigenvalue weighted by Crippen LogP contribution is -2.94. The molecule has 0 saturated heterocycles. The average molecular weight is 535 g/mol. The van der Waals surface area contributed by atoms with Gasteiger partial charge in [0.1, 0.15) is 23.1 Å². The summed E-state index contributed by atoms with van der Waals surface area (Å²) in [6.07, 6.45) is 0.561. The summed E-state index contributed by atoms with van der Waals surface area (Å²) in [5.41, 5.74) is -0.480. The first-order chi connectivity index (χ1) is 17.1. The molecule has 1 aromatic heterocycles. The van der Waals surface area contributed by atoms with E-state index in [2.05, 4.69) is 10.6 Å². The van der Waals surface area contributed by atoms with Gasteiger partial charge in [0.15, 0.2) is 12.4 Å². The smallest absolute Gasteiger partial charge is 0.287 e. The molecule has 3 aromatic rings. The summed E-state index contributed by atoms with van der Waals surface area (Å²) in [5.74, 6) is -1.33. The SMILES string of the molecule is C[C@@H]1C2(NC(=O)COc3ccc(Cl)c(F)c3)CC1(NC(=O)c1ccc(-c3ccc(Cl)c(F)c3)o1)[C@@H]2C. The first kappa shape index (κ1) is 24.6. The van der Waals surface area contributed by atoms with Crippen LogP contribution in [-0.2, 0) is 4.79 Å². The molecule has 3 aliphatic carbocycles. The fraction of sp³-hybridized carbons (Fsp3) is 0.308. The van der Waals surface area contributed by atoms with Crippen molar-refractivity contribution in [3.63, 3.8) is 0 Å². The van der Waals surface area contributed by atoms with Gasteiger partial charge in [-0.1, -0.05) is 37.0 Å². The number of halogens is 4. The Labute approximate surface area is 215 Å². The molecular formula is C26H22Cl2F2N2O4. The van der Waals surface area contributed by atoms with Crippen LogP contribution in [0.15, 0.2) is 52.9 Å². The molecule has 0 unspecified atom stereocenters. The van der Waals surface area contributed by atoms with Crippen LogP contribution >= 0.6 is 23.2 Å². The van der Waals surface area contributed by atoms with Gasteiger partial charge in [0.25, 0.3) is 11.8 Å². The van der Waals surface area contributed by atoms with Crippen LogP contribution in [0.4, 0.5) is 8.78 Å². The molecular weight excluding hydrogens is 513 g/mol. The predicted octanol–water partition coefficient (Wildman–Crippen LogP) is 5.62. The number of carbonyl (C=O) groups excluding carboxylic acids is 2. The number of hydrogen-bond donors (Lipinski definition) is 2. The number of amides is 2. The van der Waals surface area contributed by atoms with Gasteiger partial charge in [0, 0.05) is 23.5 Å². The van der Waals surface area contributed by atoms with Crippen molar-refractivity contribution in [1.29, 1.82) is 0 Å². The maximum Gasteiger partial charge on any atom is 0.287 e. The first-order valence-electron chi connectivity index (χ1n) is 11.3. The summed E-state index contributed by atoms with van der Waals surface area (Å²) < 4.78 is 38.4. The molecule has 0 radical (unpaired) electrons. The topological polar surface area (TPSA) is 80.6 Å². The van der Waals surface area contributed by atoms with E-state index in [0.717, 1.165) is 6.07 Å². The fourth-order valence-corrected chi connectivity index (χ4v) is 5.71. The highest BCUT2D eigenvalue weighted by atomic mass is 35.5. The van der Waals surface area contributed by atoms with Gasteiger partial charge in [0.05, 0.1) is 21.1 Å². The summed E-state index contributed by atoms with van der Waals surface area (Å²) in [7, 11) is 0. The highest BCUT2D eigenvalue weighted by Gasteiger charge is 2.80. The molecule has 0 aliphatic heterocycles. The summed E-state index contributed by atoms with van der Waals surface area (Å²) in [6.45, 7) is 3.65. The standard InChI is InChI=1S/C26H22Cl2F2N2O4/c1-13-25(31-23(33)11-35-16-4-6-18(28)20(30)10-16)12-26(13,14(25)2)32-24(34)22-8-7-21(36-22)15-3-5-17(27)19(29)9-15/h3-10,13-14H,11-12H2,1-2H3,(H,31,33)(H,32,34)/t13-,14-,25?,26?/m1/s1. The summed E-state index contributed by atoms with van der Waals surface area (Å²) >= 11 is 11.4. The second-order valence-corrected chi connectivity index (χ2v) is 10.2. The molecule has 2 bridgehead atoms. The lowest BCUT2D eigenvalue weighted by molar-refractivity contribution is -0.226. The van der Waals surface area contributed by atoms with Crippen molar-refractivity contribution >= 4 is 35.0 Å². The monoisotopic (exact) mass is 534 g/mol. The van der Waals surface area contributed by atoms with E-state index in [1.54, 1.807) is 12.1 Å². The molecule has 36 heavy (non-hydrogen) atoms. The Bertz CT molecular complexity index is 1370. The van der Waals surface area contributed by atoms with Crippen LogP contribution in [-0.4, -0.2) is 29.5 Å². The normalized spacial score (nSPS) is 25.9. The molecule has 188 valence electrons. The van der Waals surface area contributed by atoms with Gasteiger partial charge < -0.3 is 19.8 Å². The van der Waals surface area contributed by atoms with Crippen molar-refractivity contribution in [2.45, 2.75) is 31.3 Å². The van der Waals surface area contributed by atoms with Crippen LogP contribution in [0.1, 0.15) is 30.8 Å². The number of hydrogen-bond acceptors (Lipinski definition) is 4. The Morgan fingerprint density at radius 3 is 2.25 bits per heavy atom. The fourth-order valence-electron chi connectivity index (χ4n) is 5.48. The molecule has 1 heterocycles. The number of nitrogens with one attached hydrogen (secondary N) is 2. The van der Waals surface area contributed by atoms with Crippen LogP contribution in [0.25, 0.3) is 11.3 Å². The Morgan fingerprint density at radius 2 is 1.61 bits per heavy atom. The molecule has 3 fully saturated rings. The van der Waals surface area contributed by atoms with Crippen LogP contribution in [0, 0.1) is 23.5 Å². The summed E-state index contributed by atoms with van der Waals surface area (Å²) in [4.78, 5) is 25.5. The molecule has 0 spiro atoms. The predicted molar refractivity (Wildman–Crippen MR) is 130 cm³/mol. The third-order valence-electron chi connectivity index (χ3n) is 7.69. The van der Waals surface area contributed by atoms with E-state index >= 15 is 0 Å². The Hall–Kier alpha value is -3.10. The highest BCUT2D eigenvalue weighted by molar-refractivity contribution is 6.31. The first-order valence-corrected chi connectivity index (χ1v) is 12.1. The van der Waals surface area contributed by atoms with E-state index in [1.165, 1.54) is 30.3 Å². The zero-order chi connectivity index (χ0) is 25.8. The maximum atomic E-state index is 13.8. The third kappa shape index (κ3) is 3.83. The van der Waals surface area contributed by atoms with Crippen molar-refractivity contribution in [3.05, 3.63) is 76.0 Å². The minimum Gasteiger partial charge on any atom is -0.484 e. The number of carbonyl (C=O) groups is 2. The Morgan fingerprint density at radius 1 is 0.972 bits per heavy atom. The molecule has 2 aromatic carbocycles. The number of rotatable bonds is 7.